The molecule has 0 fully saturated rings. The first-order valence-corrected chi connectivity index (χ1v) is 9.77. The fourth-order valence-corrected chi connectivity index (χ4v) is 3.59. The van der Waals surface area contributed by atoms with Gasteiger partial charge in [0.1, 0.15) is 11.5 Å². The standard InChI is InChI=1S/C24H20N4O2/c1-15-24-28(16(2)26-15)27-23(30-24)20-11-9-19(10-12-20)22(29)25-14-17-7-8-18-5-3-4-6-21(18)13-17/h3-13H,14H2,1-2H3,(H,25,29). The number of amides is 1. The van der Waals surface area contributed by atoms with Crippen LogP contribution in [-0.4, -0.2) is 20.5 Å². The summed E-state index contributed by atoms with van der Waals surface area (Å²) >= 11 is 0. The molecule has 1 amide bonds. The normalized spacial score (nSPS) is 11.3. The third-order valence-electron chi connectivity index (χ3n) is 5.18. The van der Waals surface area contributed by atoms with Gasteiger partial charge in [-0.25, -0.2) is 4.98 Å². The maximum absolute atomic E-state index is 12.6. The van der Waals surface area contributed by atoms with Gasteiger partial charge in [0, 0.05) is 17.7 Å². The second-order valence-electron chi connectivity index (χ2n) is 7.31. The summed E-state index contributed by atoms with van der Waals surface area (Å²) in [6.45, 7) is 4.25. The highest BCUT2D eigenvalue weighted by Crippen LogP contribution is 2.23. The Morgan fingerprint density at radius 3 is 2.53 bits per heavy atom. The van der Waals surface area contributed by atoms with E-state index >= 15 is 0 Å². The summed E-state index contributed by atoms with van der Waals surface area (Å²) in [5.74, 6) is 1.16. The number of hydrogen-bond acceptors (Lipinski definition) is 4. The Kier molecular flexibility index (Phi) is 4.32. The van der Waals surface area contributed by atoms with Crippen LogP contribution in [0, 0.1) is 13.8 Å². The molecule has 5 rings (SSSR count). The highest BCUT2D eigenvalue weighted by atomic mass is 16.4. The summed E-state index contributed by atoms with van der Waals surface area (Å²) in [4.78, 5) is 16.9. The van der Waals surface area contributed by atoms with Crippen LogP contribution in [-0.2, 0) is 6.54 Å². The molecule has 148 valence electrons. The number of aryl methyl sites for hydroxylation is 2. The summed E-state index contributed by atoms with van der Waals surface area (Å²) in [6.07, 6.45) is 0. The van der Waals surface area contributed by atoms with Gasteiger partial charge in [-0.1, -0.05) is 36.4 Å². The van der Waals surface area contributed by atoms with Gasteiger partial charge in [-0.3, -0.25) is 4.79 Å². The van der Waals surface area contributed by atoms with Crippen LogP contribution < -0.4 is 5.32 Å². The monoisotopic (exact) mass is 396 g/mol. The molecule has 0 spiro atoms. The molecule has 0 bridgehead atoms. The van der Waals surface area contributed by atoms with Crippen LogP contribution in [0.4, 0.5) is 0 Å². The summed E-state index contributed by atoms with van der Waals surface area (Å²) in [5.41, 5.74) is 3.90. The van der Waals surface area contributed by atoms with Gasteiger partial charge in [-0.05, 0) is 60.5 Å². The van der Waals surface area contributed by atoms with Gasteiger partial charge in [0.15, 0.2) is 0 Å². The molecule has 3 aromatic carbocycles. The topological polar surface area (TPSA) is 72.4 Å². The van der Waals surface area contributed by atoms with Crippen LogP contribution in [0.1, 0.15) is 27.4 Å². The Morgan fingerprint density at radius 1 is 1.00 bits per heavy atom. The third-order valence-corrected chi connectivity index (χ3v) is 5.18. The molecule has 30 heavy (non-hydrogen) atoms. The van der Waals surface area contributed by atoms with Gasteiger partial charge in [-0.2, -0.15) is 4.52 Å². The Labute approximate surface area is 173 Å². The minimum atomic E-state index is -0.119. The molecular weight excluding hydrogens is 376 g/mol. The molecule has 0 saturated carbocycles. The van der Waals surface area contributed by atoms with Crippen molar-refractivity contribution in [2.75, 3.05) is 0 Å². The molecule has 0 aliphatic rings. The fraction of sp³-hybridized carbons (Fsp3) is 0.125. The number of rotatable bonds is 4. The number of imidazole rings is 1. The van der Waals surface area contributed by atoms with E-state index in [1.54, 1.807) is 16.6 Å². The van der Waals surface area contributed by atoms with Crippen molar-refractivity contribution in [1.82, 2.24) is 19.9 Å². The predicted molar refractivity (Wildman–Crippen MR) is 115 cm³/mol. The molecule has 6 heteroatoms. The molecule has 0 saturated heterocycles. The average Bonchev–Trinajstić information content (AvgIpc) is 3.33. The summed E-state index contributed by atoms with van der Waals surface area (Å²) in [7, 11) is 0. The molecule has 6 nitrogen and oxygen atoms in total. The first kappa shape index (κ1) is 18.1. The maximum atomic E-state index is 12.6. The number of aromatic nitrogens is 3. The van der Waals surface area contributed by atoms with E-state index in [1.165, 1.54) is 5.39 Å². The number of nitrogens with zero attached hydrogens (tertiary/aromatic N) is 3. The molecule has 0 unspecified atom stereocenters. The molecule has 1 N–H and O–H groups in total. The van der Waals surface area contributed by atoms with Crippen molar-refractivity contribution in [2.24, 2.45) is 0 Å². The molecule has 5 aromatic rings. The van der Waals surface area contributed by atoms with Crippen LogP contribution in [0.2, 0.25) is 0 Å². The fourth-order valence-electron chi connectivity index (χ4n) is 3.59. The zero-order valence-corrected chi connectivity index (χ0v) is 16.7. The lowest BCUT2D eigenvalue weighted by molar-refractivity contribution is 0.0951. The maximum Gasteiger partial charge on any atom is 0.251 e. The van der Waals surface area contributed by atoms with Crippen LogP contribution in [0.15, 0.2) is 71.1 Å². The molecular formula is C24H20N4O2. The molecule has 2 aromatic heterocycles. The van der Waals surface area contributed by atoms with Gasteiger partial charge in [-0.15, -0.1) is 5.10 Å². The van der Waals surface area contributed by atoms with E-state index in [0.29, 0.717) is 23.7 Å². The lowest BCUT2D eigenvalue weighted by atomic mass is 10.1. The van der Waals surface area contributed by atoms with E-state index in [4.69, 9.17) is 4.42 Å². The molecule has 2 heterocycles. The Hall–Kier alpha value is -3.93. The largest absolute Gasteiger partial charge is 0.416 e. The first-order chi connectivity index (χ1) is 14.6. The van der Waals surface area contributed by atoms with E-state index < -0.39 is 0 Å². The number of carbonyl (C=O) groups excluding carboxylic acids is 1. The summed E-state index contributed by atoms with van der Waals surface area (Å²) in [5, 5.41) is 9.80. The van der Waals surface area contributed by atoms with Crippen molar-refractivity contribution in [3.05, 3.63) is 89.4 Å². The van der Waals surface area contributed by atoms with Crippen LogP contribution in [0.25, 0.3) is 27.9 Å². The van der Waals surface area contributed by atoms with Gasteiger partial charge in [0.05, 0.1) is 0 Å². The van der Waals surface area contributed by atoms with E-state index in [1.807, 2.05) is 44.2 Å². The van der Waals surface area contributed by atoms with Crippen LogP contribution in [0.3, 0.4) is 0 Å². The lowest BCUT2D eigenvalue weighted by Gasteiger charge is -2.07. The van der Waals surface area contributed by atoms with E-state index in [2.05, 4.69) is 39.7 Å². The highest BCUT2D eigenvalue weighted by molar-refractivity contribution is 5.94. The molecule has 0 aliphatic carbocycles. The second-order valence-corrected chi connectivity index (χ2v) is 7.31. The summed E-state index contributed by atoms with van der Waals surface area (Å²) in [6, 6.07) is 21.6. The Balaban J connectivity index is 1.30. The van der Waals surface area contributed by atoms with Gasteiger partial charge in [0.2, 0.25) is 11.6 Å². The van der Waals surface area contributed by atoms with E-state index in [9.17, 15) is 4.79 Å². The quantitative estimate of drug-likeness (QED) is 0.478. The minimum absolute atomic E-state index is 0.119. The SMILES string of the molecule is Cc1nc(C)n2nc(-c3ccc(C(=O)NCc4ccc5ccccc5c4)cc3)oc12. The summed E-state index contributed by atoms with van der Waals surface area (Å²) < 4.78 is 7.52. The zero-order valence-electron chi connectivity index (χ0n) is 16.7. The number of hydrogen-bond donors (Lipinski definition) is 1. The van der Waals surface area contributed by atoms with Crippen molar-refractivity contribution in [2.45, 2.75) is 20.4 Å². The van der Waals surface area contributed by atoms with Crippen molar-refractivity contribution in [3.63, 3.8) is 0 Å². The number of carbonyl (C=O) groups is 1. The molecule has 0 radical (unpaired) electrons. The van der Waals surface area contributed by atoms with Crippen molar-refractivity contribution in [3.8, 4) is 11.5 Å². The first-order valence-electron chi connectivity index (χ1n) is 9.77. The highest BCUT2D eigenvalue weighted by Gasteiger charge is 2.14. The number of fused-ring (bicyclic) bond motifs is 2. The second kappa shape index (κ2) is 7.15. The van der Waals surface area contributed by atoms with E-state index in [-0.39, 0.29) is 5.91 Å². The third kappa shape index (κ3) is 3.22. The Bertz CT molecular complexity index is 1350. The molecule has 0 atom stereocenters. The van der Waals surface area contributed by atoms with Crippen LogP contribution in [0.5, 0.6) is 0 Å². The lowest BCUT2D eigenvalue weighted by Crippen LogP contribution is -2.22. The number of nitrogens with one attached hydrogen (secondary N) is 1. The minimum Gasteiger partial charge on any atom is -0.416 e. The Morgan fingerprint density at radius 2 is 1.77 bits per heavy atom. The van der Waals surface area contributed by atoms with Crippen molar-refractivity contribution >= 4 is 22.4 Å². The van der Waals surface area contributed by atoms with Crippen molar-refractivity contribution < 1.29 is 9.21 Å². The van der Waals surface area contributed by atoms with Crippen molar-refractivity contribution in [1.29, 1.82) is 0 Å². The average molecular weight is 396 g/mol. The van der Waals surface area contributed by atoms with Gasteiger partial charge < -0.3 is 9.73 Å². The smallest absolute Gasteiger partial charge is 0.251 e. The van der Waals surface area contributed by atoms with Gasteiger partial charge in [0.25, 0.3) is 5.91 Å². The predicted octanol–water partition coefficient (Wildman–Crippen LogP) is 4.69. The van der Waals surface area contributed by atoms with Gasteiger partial charge >= 0.3 is 0 Å². The molecule has 0 aliphatic heterocycles. The number of benzene rings is 3. The van der Waals surface area contributed by atoms with E-state index in [0.717, 1.165) is 28.0 Å². The van der Waals surface area contributed by atoms with Crippen LogP contribution >= 0.6 is 0 Å². The zero-order chi connectivity index (χ0) is 20.7.